The molecule has 1 saturated heterocycles. The van der Waals surface area contributed by atoms with E-state index < -0.39 is 6.29 Å². The lowest BCUT2D eigenvalue weighted by Crippen LogP contribution is -2.31. The van der Waals surface area contributed by atoms with E-state index in [9.17, 15) is 9.90 Å². The highest BCUT2D eigenvalue weighted by molar-refractivity contribution is 7.99. The summed E-state index contributed by atoms with van der Waals surface area (Å²) in [5, 5.41) is 13.3. The maximum Gasteiger partial charge on any atom is 0.271 e. The number of hydrogen-bond acceptors (Lipinski definition) is 9. The number of carbonyl (C=O) groups is 1. The van der Waals surface area contributed by atoms with Crippen LogP contribution in [-0.4, -0.2) is 37.8 Å². The molecule has 6 aromatic carbocycles. The van der Waals surface area contributed by atoms with Crippen molar-refractivity contribution in [1.82, 2.24) is 20.3 Å². The number of aliphatic hydroxyl groups is 1. The zero-order valence-corrected chi connectivity index (χ0v) is 32.8. The highest BCUT2D eigenvalue weighted by Gasteiger charge is 2.33. The summed E-state index contributed by atoms with van der Waals surface area (Å²) in [5.74, 6) is 1.03. The maximum atomic E-state index is 13.0. The first-order valence-electron chi connectivity index (χ1n) is 19.5. The van der Waals surface area contributed by atoms with Crippen molar-refractivity contribution in [1.29, 1.82) is 0 Å². The van der Waals surface area contributed by atoms with Crippen LogP contribution in [0.5, 0.6) is 0 Å². The van der Waals surface area contributed by atoms with Gasteiger partial charge in [-0.15, -0.1) is 0 Å². The van der Waals surface area contributed by atoms with Gasteiger partial charge in [-0.1, -0.05) is 145 Å². The molecule has 2 aromatic heterocycles. The molecule has 0 spiro atoms. The Balaban J connectivity index is 0.936. The Bertz CT molecular complexity index is 2630. The molecule has 0 aliphatic carbocycles. The maximum absolute atomic E-state index is 13.0. The Kier molecular flexibility index (Phi) is 11.4. The molecule has 1 aliphatic rings. The number of ether oxygens (including phenoxy) is 2. The molecule has 59 heavy (non-hydrogen) atoms. The minimum absolute atomic E-state index is 0.0254. The molecule has 0 unspecified atom stereocenters. The molecule has 8 aromatic rings. The van der Waals surface area contributed by atoms with Crippen LogP contribution in [0.1, 0.15) is 51.6 Å². The van der Waals surface area contributed by atoms with Gasteiger partial charge in [0.15, 0.2) is 12.1 Å². The van der Waals surface area contributed by atoms with E-state index in [1.165, 1.54) is 18.0 Å². The van der Waals surface area contributed by atoms with Gasteiger partial charge in [0.2, 0.25) is 0 Å². The monoisotopic (exact) mass is 796 g/mol. The van der Waals surface area contributed by atoms with E-state index in [4.69, 9.17) is 18.9 Å². The van der Waals surface area contributed by atoms with E-state index in [1.807, 2.05) is 133 Å². The number of amides is 1. The van der Waals surface area contributed by atoms with Gasteiger partial charge in [-0.3, -0.25) is 9.78 Å². The van der Waals surface area contributed by atoms with Crippen LogP contribution in [0.25, 0.3) is 44.7 Å². The molecule has 3 heterocycles. The number of carbonyl (C=O) groups excluding carboxylic acids is 1. The lowest BCUT2D eigenvalue weighted by Gasteiger charge is -2.36. The summed E-state index contributed by atoms with van der Waals surface area (Å²) in [6, 6.07) is 51.8. The minimum atomic E-state index is -0.647. The summed E-state index contributed by atoms with van der Waals surface area (Å²) in [6.07, 6.45) is 1.03. The Morgan fingerprint density at radius 3 is 2.15 bits per heavy atom. The van der Waals surface area contributed by atoms with Gasteiger partial charge in [0, 0.05) is 35.4 Å². The van der Waals surface area contributed by atoms with E-state index >= 15 is 0 Å². The van der Waals surface area contributed by atoms with E-state index in [-0.39, 0.29) is 30.4 Å². The first-order valence-corrected chi connectivity index (χ1v) is 20.5. The van der Waals surface area contributed by atoms with Crippen molar-refractivity contribution in [3.8, 4) is 33.7 Å². The number of thioether (sulfide) groups is 1. The molecule has 10 heteroatoms. The smallest absolute Gasteiger partial charge is 0.271 e. The van der Waals surface area contributed by atoms with Crippen molar-refractivity contribution < 1.29 is 23.8 Å². The standard InChI is InChI=1S/C49H40N4O5S/c54-30-32-21-23-34(24-22-32)44-27-40(31-59-49-53-45(35-12-3-1-4-13-35)46(58-49)36-14-5-2-6-15-36)56-48(57-44)39-18-10-17-38(26-39)37-16-9-11-33(25-37)28-51-47(55)43-29-50-41-19-7-8-20-42(41)52-43/h1-26,29,40,44,48,54H,27-28,30-31H2,(H,51,55)/t40-,44+,48+/m0/s1. The molecular formula is C49H40N4O5S. The molecule has 0 bridgehead atoms. The van der Waals surface area contributed by atoms with E-state index in [1.54, 1.807) is 0 Å². The molecule has 0 radical (unpaired) electrons. The third-order valence-corrected chi connectivity index (χ3v) is 11.2. The number of hydrogen-bond donors (Lipinski definition) is 2. The highest BCUT2D eigenvalue weighted by atomic mass is 32.2. The fourth-order valence-corrected chi connectivity index (χ4v) is 8.03. The van der Waals surface area contributed by atoms with Crippen LogP contribution in [0, 0.1) is 0 Å². The summed E-state index contributed by atoms with van der Waals surface area (Å²) in [7, 11) is 0. The quantitative estimate of drug-likeness (QED) is 0.116. The second-order valence-electron chi connectivity index (χ2n) is 14.3. The van der Waals surface area contributed by atoms with Gasteiger partial charge >= 0.3 is 0 Å². The van der Waals surface area contributed by atoms with Gasteiger partial charge in [0.25, 0.3) is 11.1 Å². The van der Waals surface area contributed by atoms with Crippen molar-refractivity contribution in [3.63, 3.8) is 0 Å². The number of aromatic nitrogens is 3. The number of aliphatic hydroxyl groups excluding tert-OH is 1. The molecule has 9 nitrogen and oxygen atoms in total. The minimum Gasteiger partial charge on any atom is -0.431 e. The molecule has 1 aliphatic heterocycles. The normalized spacial score (nSPS) is 16.5. The molecule has 3 atom stereocenters. The number of fused-ring (bicyclic) bond motifs is 1. The second kappa shape index (κ2) is 17.6. The summed E-state index contributed by atoms with van der Waals surface area (Å²) in [6.45, 7) is 0.304. The first-order chi connectivity index (χ1) is 29.1. The van der Waals surface area contributed by atoms with Crippen LogP contribution in [-0.2, 0) is 22.6 Å². The SMILES string of the molecule is O=C(NCc1cccc(-c2cccc([C@@H]3O[C@H](CSc4nc(-c5ccccc5)c(-c5ccccc5)o4)C[C@H](c4ccc(CO)cc4)O3)c2)c1)c1cnc2ccccc2n1. The molecular weight excluding hydrogens is 757 g/mol. The lowest BCUT2D eigenvalue weighted by atomic mass is 9.99. The highest BCUT2D eigenvalue weighted by Crippen LogP contribution is 2.41. The van der Waals surface area contributed by atoms with Crippen molar-refractivity contribution in [2.75, 3.05) is 5.75 Å². The fourth-order valence-electron chi connectivity index (χ4n) is 7.19. The summed E-state index contributed by atoms with van der Waals surface area (Å²) >= 11 is 1.53. The van der Waals surface area contributed by atoms with Gasteiger partial charge in [-0.05, 0) is 52.1 Å². The van der Waals surface area contributed by atoms with Gasteiger partial charge in [0.1, 0.15) is 11.4 Å². The average Bonchev–Trinajstić information content (AvgIpc) is 3.75. The van der Waals surface area contributed by atoms with Crippen LogP contribution in [0.3, 0.4) is 0 Å². The van der Waals surface area contributed by atoms with Gasteiger partial charge in [-0.2, -0.15) is 0 Å². The number of para-hydroxylation sites is 2. The van der Waals surface area contributed by atoms with Crippen LogP contribution < -0.4 is 5.32 Å². The van der Waals surface area contributed by atoms with Crippen molar-refractivity contribution >= 4 is 28.7 Å². The molecule has 1 fully saturated rings. The largest absolute Gasteiger partial charge is 0.431 e. The van der Waals surface area contributed by atoms with Crippen LogP contribution in [0.2, 0.25) is 0 Å². The molecule has 2 N–H and O–H groups in total. The Labute approximate surface area is 346 Å². The van der Waals surface area contributed by atoms with Gasteiger partial charge in [0.05, 0.1) is 36.0 Å². The van der Waals surface area contributed by atoms with Crippen molar-refractivity contribution in [2.45, 2.75) is 43.3 Å². The molecule has 1 amide bonds. The second-order valence-corrected chi connectivity index (χ2v) is 15.3. The fraction of sp³-hybridized carbons (Fsp3) is 0.143. The van der Waals surface area contributed by atoms with Crippen molar-refractivity contribution in [2.24, 2.45) is 0 Å². The average molecular weight is 797 g/mol. The summed E-state index contributed by atoms with van der Waals surface area (Å²) in [5.41, 5.74) is 10.1. The Morgan fingerprint density at radius 2 is 1.37 bits per heavy atom. The zero-order valence-electron chi connectivity index (χ0n) is 32.0. The van der Waals surface area contributed by atoms with Crippen LogP contribution >= 0.6 is 11.8 Å². The number of nitrogens with zero attached hydrogens (tertiary/aromatic N) is 3. The molecule has 292 valence electrons. The molecule has 9 rings (SSSR count). The number of benzene rings is 6. The molecule has 0 saturated carbocycles. The Hall–Kier alpha value is -6.43. The van der Waals surface area contributed by atoms with Crippen LogP contribution in [0.15, 0.2) is 174 Å². The topological polar surface area (TPSA) is 120 Å². The number of oxazole rings is 1. The predicted octanol–water partition coefficient (Wildman–Crippen LogP) is 10.4. The predicted molar refractivity (Wildman–Crippen MR) is 229 cm³/mol. The lowest BCUT2D eigenvalue weighted by molar-refractivity contribution is -0.245. The zero-order chi connectivity index (χ0) is 40.0. The van der Waals surface area contributed by atoms with Crippen molar-refractivity contribution in [3.05, 3.63) is 192 Å². The van der Waals surface area contributed by atoms with E-state index in [2.05, 4.69) is 39.6 Å². The summed E-state index contributed by atoms with van der Waals surface area (Å²) < 4.78 is 19.9. The number of nitrogens with one attached hydrogen (secondary N) is 1. The van der Waals surface area contributed by atoms with Gasteiger partial charge in [-0.25, -0.2) is 9.97 Å². The third kappa shape index (κ3) is 8.86. The first kappa shape index (κ1) is 38.1. The van der Waals surface area contributed by atoms with E-state index in [0.29, 0.717) is 29.5 Å². The third-order valence-electron chi connectivity index (χ3n) is 10.3. The van der Waals surface area contributed by atoms with Gasteiger partial charge < -0.3 is 24.3 Å². The number of rotatable bonds is 12. The Morgan fingerprint density at radius 1 is 0.678 bits per heavy atom. The van der Waals surface area contributed by atoms with Crippen LogP contribution in [0.4, 0.5) is 0 Å². The van der Waals surface area contributed by atoms with E-state index in [0.717, 1.165) is 61.5 Å². The summed E-state index contributed by atoms with van der Waals surface area (Å²) in [4.78, 5) is 26.9.